The maximum absolute atomic E-state index is 6.20. The zero-order valence-electron chi connectivity index (χ0n) is 10.5. The average Bonchev–Trinajstić information content (AvgIpc) is 2.18. The Balaban J connectivity index is 2.13. The van der Waals surface area contributed by atoms with Crippen LogP contribution in [0.25, 0.3) is 0 Å². The van der Waals surface area contributed by atoms with E-state index in [4.69, 9.17) is 10.5 Å². The first-order chi connectivity index (χ1) is 7.09. The summed E-state index contributed by atoms with van der Waals surface area (Å²) in [5.41, 5.74) is 6.20. The van der Waals surface area contributed by atoms with Crippen molar-refractivity contribution in [3.05, 3.63) is 0 Å². The van der Waals surface area contributed by atoms with Crippen molar-refractivity contribution in [2.75, 3.05) is 6.61 Å². The van der Waals surface area contributed by atoms with E-state index >= 15 is 0 Å². The molecule has 90 valence electrons. The Kier molecular flexibility index (Phi) is 5.62. The topological polar surface area (TPSA) is 35.2 Å². The van der Waals surface area contributed by atoms with Gasteiger partial charge in [0.05, 0.1) is 6.10 Å². The molecule has 0 bridgehead atoms. The van der Waals surface area contributed by atoms with Gasteiger partial charge in [-0.25, -0.2) is 0 Å². The normalized spacial score (nSPS) is 29.4. The quantitative estimate of drug-likeness (QED) is 0.762. The van der Waals surface area contributed by atoms with Crippen LogP contribution in [-0.4, -0.2) is 18.8 Å². The fourth-order valence-electron chi connectivity index (χ4n) is 2.39. The van der Waals surface area contributed by atoms with E-state index < -0.39 is 0 Å². The summed E-state index contributed by atoms with van der Waals surface area (Å²) < 4.78 is 5.54. The number of hydrogen-bond acceptors (Lipinski definition) is 2. The second-order valence-electron chi connectivity index (χ2n) is 5.39. The van der Waals surface area contributed by atoms with Gasteiger partial charge in [0, 0.05) is 12.6 Å². The molecule has 0 aromatic heterocycles. The van der Waals surface area contributed by atoms with Crippen LogP contribution in [0.2, 0.25) is 0 Å². The van der Waals surface area contributed by atoms with E-state index in [0.29, 0.717) is 12.1 Å². The Labute approximate surface area is 94.6 Å². The molecule has 15 heavy (non-hydrogen) atoms. The molecule has 1 aliphatic carbocycles. The van der Waals surface area contributed by atoms with Gasteiger partial charge in [-0.05, 0) is 44.9 Å². The maximum atomic E-state index is 6.20. The van der Waals surface area contributed by atoms with Crippen molar-refractivity contribution in [1.82, 2.24) is 0 Å². The molecule has 2 N–H and O–H groups in total. The fourth-order valence-corrected chi connectivity index (χ4v) is 2.39. The molecular formula is C13H27NO. The maximum Gasteiger partial charge on any atom is 0.0518 e. The summed E-state index contributed by atoms with van der Waals surface area (Å²) in [7, 11) is 0. The van der Waals surface area contributed by atoms with E-state index in [-0.39, 0.29) is 0 Å². The largest absolute Gasteiger partial charge is 0.379 e. The number of hydrogen-bond donors (Lipinski definition) is 1. The third kappa shape index (κ3) is 4.98. The molecule has 2 heteroatoms. The van der Waals surface area contributed by atoms with Crippen LogP contribution >= 0.6 is 0 Å². The standard InChI is InChI=1S/C13H27NO/c1-10(2)15-9-8-13(14)12-6-4-11(3)5-7-12/h10-13H,4-9,14H2,1-3H3. The number of ether oxygens (including phenoxy) is 1. The van der Waals surface area contributed by atoms with Gasteiger partial charge < -0.3 is 10.5 Å². The van der Waals surface area contributed by atoms with Crippen molar-refractivity contribution in [3.63, 3.8) is 0 Å². The first-order valence-corrected chi connectivity index (χ1v) is 6.46. The van der Waals surface area contributed by atoms with Crippen LogP contribution in [0.1, 0.15) is 52.9 Å². The highest BCUT2D eigenvalue weighted by molar-refractivity contribution is 4.78. The van der Waals surface area contributed by atoms with E-state index in [9.17, 15) is 0 Å². The van der Waals surface area contributed by atoms with Gasteiger partial charge in [-0.2, -0.15) is 0 Å². The third-order valence-electron chi connectivity index (χ3n) is 3.57. The first-order valence-electron chi connectivity index (χ1n) is 6.46. The zero-order valence-corrected chi connectivity index (χ0v) is 10.5. The van der Waals surface area contributed by atoms with Crippen molar-refractivity contribution in [1.29, 1.82) is 0 Å². The van der Waals surface area contributed by atoms with Crippen molar-refractivity contribution >= 4 is 0 Å². The summed E-state index contributed by atoms with van der Waals surface area (Å²) in [4.78, 5) is 0. The van der Waals surface area contributed by atoms with Crippen LogP contribution in [0.5, 0.6) is 0 Å². The molecule has 1 saturated carbocycles. The molecule has 1 unspecified atom stereocenters. The molecule has 0 aromatic rings. The molecule has 0 heterocycles. The molecule has 2 nitrogen and oxygen atoms in total. The van der Waals surface area contributed by atoms with E-state index in [1.165, 1.54) is 25.7 Å². The number of rotatable bonds is 5. The van der Waals surface area contributed by atoms with Crippen molar-refractivity contribution in [2.24, 2.45) is 17.6 Å². The van der Waals surface area contributed by atoms with E-state index in [1.807, 2.05) is 0 Å². The Bertz CT molecular complexity index is 162. The smallest absolute Gasteiger partial charge is 0.0518 e. The monoisotopic (exact) mass is 213 g/mol. The summed E-state index contributed by atoms with van der Waals surface area (Å²) >= 11 is 0. The Morgan fingerprint density at radius 3 is 2.33 bits per heavy atom. The van der Waals surface area contributed by atoms with Gasteiger partial charge in [-0.15, -0.1) is 0 Å². The minimum Gasteiger partial charge on any atom is -0.379 e. The SMILES string of the molecule is CC1CCC(C(N)CCOC(C)C)CC1. The molecule has 1 atom stereocenters. The highest BCUT2D eigenvalue weighted by Gasteiger charge is 2.23. The van der Waals surface area contributed by atoms with Gasteiger partial charge in [0.25, 0.3) is 0 Å². The van der Waals surface area contributed by atoms with Crippen LogP contribution in [-0.2, 0) is 4.74 Å². The highest BCUT2D eigenvalue weighted by atomic mass is 16.5. The van der Waals surface area contributed by atoms with Crippen LogP contribution < -0.4 is 5.73 Å². The molecule has 1 rings (SSSR count). The molecule has 0 amide bonds. The molecule has 0 radical (unpaired) electrons. The molecule has 1 fully saturated rings. The summed E-state index contributed by atoms with van der Waals surface area (Å²) in [5.74, 6) is 1.66. The lowest BCUT2D eigenvalue weighted by Crippen LogP contribution is -2.34. The highest BCUT2D eigenvalue weighted by Crippen LogP contribution is 2.30. The van der Waals surface area contributed by atoms with Crippen molar-refractivity contribution < 1.29 is 4.74 Å². The first kappa shape index (κ1) is 13.0. The Morgan fingerprint density at radius 2 is 1.80 bits per heavy atom. The molecule has 1 aliphatic rings. The average molecular weight is 213 g/mol. The minimum atomic E-state index is 0.337. The Hall–Kier alpha value is -0.0800. The third-order valence-corrected chi connectivity index (χ3v) is 3.57. The summed E-state index contributed by atoms with van der Waals surface area (Å²) in [6.45, 7) is 7.33. The van der Waals surface area contributed by atoms with E-state index in [0.717, 1.165) is 24.9 Å². The van der Waals surface area contributed by atoms with Gasteiger partial charge in [0.2, 0.25) is 0 Å². The molecule has 0 saturated heterocycles. The Morgan fingerprint density at radius 1 is 1.20 bits per heavy atom. The second kappa shape index (κ2) is 6.49. The van der Waals surface area contributed by atoms with Gasteiger partial charge in [0.15, 0.2) is 0 Å². The van der Waals surface area contributed by atoms with Crippen LogP contribution in [0.15, 0.2) is 0 Å². The molecular weight excluding hydrogens is 186 g/mol. The van der Waals surface area contributed by atoms with Crippen molar-refractivity contribution in [3.8, 4) is 0 Å². The summed E-state index contributed by atoms with van der Waals surface area (Å²) in [5, 5.41) is 0. The summed E-state index contributed by atoms with van der Waals surface area (Å²) in [6.07, 6.45) is 6.74. The molecule has 0 aliphatic heterocycles. The van der Waals surface area contributed by atoms with Crippen molar-refractivity contribution in [2.45, 2.75) is 65.0 Å². The minimum absolute atomic E-state index is 0.337. The lowest BCUT2D eigenvalue weighted by atomic mass is 9.79. The predicted molar refractivity (Wildman–Crippen MR) is 64.8 cm³/mol. The van der Waals surface area contributed by atoms with E-state index in [1.54, 1.807) is 0 Å². The molecule has 0 aromatic carbocycles. The van der Waals surface area contributed by atoms with Crippen LogP contribution in [0.4, 0.5) is 0 Å². The van der Waals surface area contributed by atoms with Gasteiger partial charge in [0.1, 0.15) is 0 Å². The second-order valence-corrected chi connectivity index (χ2v) is 5.39. The van der Waals surface area contributed by atoms with Gasteiger partial charge in [-0.3, -0.25) is 0 Å². The van der Waals surface area contributed by atoms with Crippen LogP contribution in [0.3, 0.4) is 0 Å². The van der Waals surface area contributed by atoms with Gasteiger partial charge >= 0.3 is 0 Å². The lowest BCUT2D eigenvalue weighted by molar-refractivity contribution is 0.0678. The van der Waals surface area contributed by atoms with E-state index in [2.05, 4.69) is 20.8 Å². The van der Waals surface area contributed by atoms with Crippen LogP contribution in [0, 0.1) is 11.8 Å². The molecule has 0 spiro atoms. The fraction of sp³-hybridized carbons (Fsp3) is 1.00. The van der Waals surface area contributed by atoms with Gasteiger partial charge in [-0.1, -0.05) is 19.8 Å². The predicted octanol–water partition coefficient (Wildman–Crippen LogP) is 2.96. The lowest BCUT2D eigenvalue weighted by Gasteiger charge is -2.30. The summed E-state index contributed by atoms with van der Waals surface area (Å²) in [6, 6.07) is 0.358. The number of nitrogens with two attached hydrogens (primary N) is 1. The zero-order chi connectivity index (χ0) is 11.3.